The molecule has 0 aliphatic carbocycles. The standard InChI is InChI=1S/C22H37N7O2.HI/c1-2-24-22(26-9-4-10-28-13-15-31-16-14-28)27-17-19-5-3-8-25-21(19)29-11-6-18(7-12-29)20(23)30;/h3,5,8,18H,2,4,6-7,9-17H2,1H3,(H2,23,30)(H2,24,26,27);1H. The van der Waals surface area contributed by atoms with Crippen LogP contribution in [-0.4, -0.2) is 80.8 Å². The second-order valence-corrected chi connectivity index (χ2v) is 8.08. The van der Waals surface area contributed by atoms with Crippen LogP contribution in [0.1, 0.15) is 31.7 Å². The Morgan fingerprint density at radius 2 is 2.00 bits per heavy atom. The summed E-state index contributed by atoms with van der Waals surface area (Å²) in [5.74, 6) is 1.56. The van der Waals surface area contributed by atoms with Crippen molar-refractivity contribution in [3.8, 4) is 0 Å². The minimum absolute atomic E-state index is 0. The number of nitrogens with zero attached hydrogens (tertiary/aromatic N) is 4. The van der Waals surface area contributed by atoms with Gasteiger partial charge in [-0.25, -0.2) is 9.98 Å². The second kappa shape index (κ2) is 14.5. The molecule has 3 heterocycles. The third-order valence-corrected chi connectivity index (χ3v) is 5.86. The van der Waals surface area contributed by atoms with E-state index in [1.54, 1.807) is 0 Å². The summed E-state index contributed by atoms with van der Waals surface area (Å²) in [5, 5.41) is 6.77. The summed E-state index contributed by atoms with van der Waals surface area (Å²) in [7, 11) is 0. The van der Waals surface area contributed by atoms with Gasteiger partial charge >= 0.3 is 0 Å². The number of nitrogens with two attached hydrogens (primary N) is 1. The molecule has 1 amide bonds. The molecule has 0 saturated carbocycles. The minimum atomic E-state index is -0.194. The summed E-state index contributed by atoms with van der Waals surface area (Å²) >= 11 is 0. The van der Waals surface area contributed by atoms with E-state index in [0.717, 1.165) is 95.6 Å². The molecule has 10 heteroatoms. The lowest BCUT2D eigenvalue weighted by Crippen LogP contribution is -2.41. The van der Waals surface area contributed by atoms with Crippen molar-refractivity contribution in [2.24, 2.45) is 16.6 Å². The average Bonchev–Trinajstić information content (AvgIpc) is 2.81. The molecule has 0 atom stereocenters. The lowest BCUT2D eigenvalue weighted by Gasteiger charge is -2.32. The normalized spacial score (nSPS) is 18.2. The Hall–Kier alpha value is -1.66. The first kappa shape index (κ1) is 26.6. The van der Waals surface area contributed by atoms with E-state index in [-0.39, 0.29) is 35.8 Å². The number of pyridine rings is 1. The average molecular weight is 559 g/mol. The molecule has 0 unspecified atom stereocenters. The van der Waals surface area contributed by atoms with Crippen molar-refractivity contribution in [2.45, 2.75) is 32.7 Å². The van der Waals surface area contributed by atoms with Crippen molar-refractivity contribution in [2.75, 3.05) is 63.9 Å². The van der Waals surface area contributed by atoms with Crippen molar-refractivity contribution in [3.63, 3.8) is 0 Å². The number of anilines is 1. The largest absolute Gasteiger partial charge is 0.379 e. The van der Waals surface area contributed by atoms with Gasteiger partial charge in [-0.05, 0) is 38.8 Å². The number of morpholine rings is 1. The molecule has 0 aromatic carbocycles. The van der Waals surface area contributed by atoms with Crippen LogP contribution in [0.2, 0.25) is 0 Å². The number of carbonyl (C=O) groups is 1. The van der Waals surface area contributed by atoms with Gasteiger partial charge in [-0.2, -0.15) is 0 Å². The Bertz CT molecular complexity index is 720. The summed E-state index contributed by atoms with van der Waals surface area (Å²) in [6.07, 6.45) is 4.44. The lowest BCUT2D eigenvalue weighted by atomic mass is 9.96. The molecular weight excluding hydrogens is 521 g/mol. The van der Waals surface area contributed by atoms with Gasteiger partial charge in [0, 0.05) is 56.9 Å². The molecule has 0 bridgehead atoms. The molecule has 1 aromatic heterocycles. The Morgan fingerprint density at radius 3 is 2.69 bits per heavy atom. The smallest absolute Gasteiger partial charge is 0.220 e. The third kappa shape index (κ3) is 8.36. The number of primary amides is 1. The molecule has 3 rings (SSSR count). The number of amides is 1. The van der Waals surface area contributed by atoms with Crippen LogP contribution in [0.4, 0.5) is 5.82 Å². The van der Waals surface area contributed by atoms with E-state index in [0.29, 0.717) is 6.54 Å². The summed E-state index contributed by atoms with van der Waals surface area (Å²) in [5.41, 5.74) is 6.56. The zero-order valence-electron chi connectivity index (χ0n) is 19.1. The van der Waals surface area contributed by atoms with Crippen LogP contribution >= 0.6 is 24.0 Å². The van der Waals surface area contributed by atoms with Gasteiger partial charge in [-0.3, -0.25) is 9.69 Å². The van der Waals surface area contributed by atoms with Gasteiger partial charge in [0.25, 0.3) is 0 Å². The Morgan fingerprint density at radius 1 is 1.25 bits per heavy atom. The molecule has 1 aromatic rings. The number of halogens is 1. The van der Waals surface area contributed by atoms with Gasteiger partial charge in [0.05, 0.1) is 19.8 Å². The fraction of sp³-hybridized carbons (Fsp3) is 0.682. The number of carbonyl (C=O) groups excluding carboxylic acids is 1. The SMILES string of the molecule is CCNC(=NCc1cccnc1N1CCC(C(N)=O)CC1)NCCCN1CCOCC1.I. The Kier molecular flexibility index (Phi) is 12.0. The molecule has 2 fully saturated rings. The third-order valence-electron chi connectivity index (χ3n) is 5.86. The van der Waals surface area contributed by atoms with E-state index in [1.165, 1.54) is 0 Å². The van der Waals surface area contributed by atoms with Crippen molar-refractivity contribution >= 4 is 41.7 Å². The second-order valence-electron chi connectivity index (χ2n) is 8.08. The van der Waals surface area contributed by atoms with Crippen molar-refractivity contribution in [1.82, 2.24) is 20.5 Å². The van der Waals surface area contributed by atoms with Crippen LogP contribution in [0.3, 0.4) is 0 Å². The van der Waals surface area contributed by atoms with Gasteiger partial charge in [-0.15, -0.1) is 24.0 Å². The number of piperidine rings is 1. The number of hydrogen-bond acceptors (Lipinski definition) is 6. The predicted molar refractivity (Wildman–Crippen MR) is 138 cm³/mol. The van der Waals surface area contributed by atoms with E-state index in [1.807, 2.05) is 12.3 Å². The quantitative estimate of drug-likeness (QED) is 0.181. The van der Waals surface area contributed by atoms with Crippen LogP contribution in [-0.2, 0) is 16.1 Å². The molecule has 4 N–H and O–H groups in total. The summed E-state index contributed by atoms with van der Waals surface area (Å²) in [4.78, 5) is 25.5. The summed E-state index contributed by atoms with van der Waals surface area (Å²) in [6.45, 7) is 10.7. The number of rotatable bonds is 9. The van der Waals surface area contributed by atoms with Crippen LogP contribution in [0.15, 0.2) is 23.3 Å². The maximum Gasteiger partial charge on any atom is 0.220 e. The van der Waals surface area contributed by atoms with E-state index in [9.17, 15) is 4.79 Å². The molecule has 0 spiro atoms. The zero-order valence-corrected chi connectivity index (χ0v) is 21.4. The molecule has 32 heavy (non-hydrogen) atoms. The van der Waals surface area contributed by atoms with Crippen molar-refractivity contribution < 1.29 is 9.53 Å². The number of guanidine groups is 1. The maximum atomic E-state index is 11.4. The highest BCUT2D eigenvalue weighted by Gasteiger charge is 2.24. The Labute approximate surface area is 208 Å². The van der Waals surface area contributed by atoms with Gasteiger partial charge in [0.15, 0.2) is 5.96 Å². The molecular formula is C22H38IN7O2. The van der Waals surface area contributed by atoms with Crippen LogP contribution in [0.5, 0.6) is 0 Å². The molecule has 2 saturated heterocycles. The van der Waals surface area contributed by atoms with Crippen LogP contribution in [0.25, 0.3) is 0 Å². The Balaban J connectivity index is 0.00000363. The van der Waals surface area contributed by atoms with Gasteiger partial charge in [0.1, 0.15) is 5.82 Å². The van der Waals surface area contributed by atoms with Gasteiger partial charge < -0.3 is 26.0 Å². The van der Waals surface area contributed by atoms with Crippen molar-refractivity contribution in [3.05, 3.63) is 23.9 Å². The highest BCUT2D eigenvalue weighted by atomic mass is 127. The number of hydrogen-bond donors (Lipinski definition) is 3. The van der Waals surface area contributed by atoms with E-state index in [2.05, 4.69) is 38.4 Å². The molecule has 9 nitrogen and oxygen atoms in total. The van der Waals surface area contributed by atoms with Crippen molar-refractivity contribution in [1.29, 1.82) is 0 Å². The summed E-state index contributed by atoms with van der Waals surface area (Å²) in [6, 6.07) is 4.03. The van der Waals surface area contributed by atoms with E-state index >= 15 is 0 Å². The number of ether oxygens (including phenoxy) is 1. The monoisotopic (exact) mass is 559 g/mol. The number of aliphatic imine (C=N–C) groups is 1. The van der Waals surface area contributed by atoms with Crippen LogP contribution < -0.4 is 21.3 Å². The first-order chi connectivity index (χ1) is 15.2. The number of aromatic nitrogens is 1. The van der Waals surface area contributed by atoms with E-state index < -0.39 is 0 Å². The molecule has 0 radical (unpaired) electrons. The van der Waals surface area contributed by atoms with Crippen LogP contribution in [0, 0.1) is 5.92 Å². The topological polar surface area (TPSA) is 108 Å². The lowest BCUT2D eigenvalue weighted by molar-refractivity contribution is -0.122. The minimum Gasteiger partial charge on any atom is -0.379 e. The van der Waals surface area contributed by atoms with E-state index in [4.69, 9.17) is 15.5 Å². The molecule has 2 aliphatic rings. The highest BCUT2D eigenvalue weighted by molar-refractivity contribution is 14.0. The zero-order chi connectivity index (χ0) is 21.9. The maximum absolute atomic E-state index is 11.4. The summed E-state index contributed by atoms with van der Waals surface area (Å²) < 4.78 is 5.40. The number of nitrogens with one attached hydrogen (secondary N) is 2. The first-order valence-corrected chi connectivity index (χ1v) is 11.5. The van der Waals surface area contributed by atoms with Gasteiger partial charge in [0.2, 0.25) is 5.91 Å². The highest BCUT2D eigenvalue weighted by Crippen LogP contribution is 2.24. The predicted octanol–water partition coefficient (Wildman–Crippen LogP) is 1.18. The first-order valence-electron chi connectivity index (χ1n) is 11.5. The van der Waals surface area contributed by atoms with Gasteiger partial charge in [-0.1, -0.05) is 6.07 Å². The fourth-order valence-corrected chi connectivity index (χ4v) is 4.05. The molecule has 180 valence electrons. The fourth-order valence-electron chi connectivity index (χ4n) is 4.05. The molecule has 2 aliphatic heterocycles.